The van der Waals surface area contributed by atoms with Crippen molar-refractivity contribution in [1.29, 1.82) is 0 Å². The molecule has 5 nitrogen and oxygen atoms in total. The molecule has 0 radical (unpaired) electrons. The molecule has 0 fully saturated rings. The Labute approximate surface area is 199 Å². The summed E-state index contributed by atoms with van der Waals surface area (Å²) >= 11 is 0. The molecule has 0 aliphatic heterocycles. The van der Waals surface area contributed by atoms with Gasteiger partial charge in [0.15, 0.2) is 0 Å². The number of aryl methyl sites for hydroxylation is 1. The maximum Gasteiger partial charge on any atom is 0.316 e. The van der Waals surface area contributed by atoms with Gasteiger partial charge in [0.25, 0.3) is 0 Å². The fraction of sp³-hybridized carbons (Fsp3) is 0.207. The minimum atomic E-state index is -1.41. The van der Waals surface area contributed by atoms with Crippen LogP contribution in [0.15, 0.2) is 104 Å². The van der Waals surface area contributed by atoms with Crippen molar-refractivity contribution in [3.63, 3.8) is 0 Å². The van der Waals surface area contributed by atoms with E-state index in [4.69, 9.17) is 0 Å². The molecule has 4 aromatic rings. The zero-order chi connectivity index (χ0) is 24.2. The number of carboxylic acid groups (broad SMARTS) is 1. The van der Waals surface area contributed by atoms with Gasteiger partial charge in [0.2, 0.25) is 0 Å². The largest absolute Gasteiger partial charge is 0.481 e. The molecule has 0 spiro atoms. The topological polar surface area (TPSA) is 72.2 Å². The minimum absolute atomic E-state index is 0.116. The van der Waals surface area contributed by atoms with Gasteiger partial charge in [-0.2, -0.15) is 0 Å². The summed E-state index contributed by atoms with van der Waals surface area (Å²) in [6, 6.07) is 30.8. The molecule has 1 heterocycles. The zero-order valence-electron chi connectivity index (χ0n) is 19.4. The number of aromatic nitrogens is 2. The summed E-state index contributed by atoms with van der Waals surface area (Å²) < 4.78 is 2.09. The second-order valence-electron chi connectivity index (χ2n) is 8.93. The van der Waals surface area contributed by atoms with Crippen LogP contribution in [0.25, 0.3) is 0 Å². The molecule has 34 heavy (non-hydrogen) atoms. The number of imidazole rings is 1. The Morgan fingerprint density at radius 2 is 1.24 bits per heavy atom. The molecule has 5 heteroatoms. The Bertz CT molecular complexity index is 1170. The molecule has 0 aliphatic carbocycles. The maximum atomic E-state index is 12.5. The first-order valence-corrected chi connectivity index (χ1v) is 11.3. The number of carbonyl (C=O) groups excluding carboxylic acids is 1. The second kappa shape index (κ2) is 9.48. The minimum Gasteiger partial charge on any atom is -0.481 e. The molecule has 4 rings (SSSR count). The lowest BCUT2D eigenvalue weighted by molar-refractivity contribution is -0.152. The molecule has 0 unspecified atom stereocenters. The van der Waals surface area contributed by atoms with Crippen LogP contribution in [0.4, 0.5) is 0 Å². The van der Waals surface area contributed by atoms with Crippen LogP contribution in [0.5, 0.6) is 0 Å². The first-order chi connectivity index (χ1) is 16.4. The normalized spacial score (nSPS) is 11.8. The quantitative estimate of drug-likeness (QED) is 0.275. The van der Waals surface area contributed by atoms with Gasteiger partial charge in [-0.25, -0.2) is 4.98 Å². The number of carboxylic acids is 1. The van der Waals surface area contributed by atoms with Gasteiger partial charge in [-0.15, -0.1) is 0 Å². The summed E-state index contributed by atoms with van der Waals surface area (Å²) in [5.74, 6) is -1.42. The van der Waals surface area contributed by atoms with Crippen LogP contribution >= 0.6 is 0 Å². The van der Waals surface area contributed by atoms with Gasteiger partial charge in [-0.3, -0.25) is 9.59 Å². The highest BCUT2D eigenvalue weighted by Gasteiger charge is 2.39. The summed E-state index contributed by atoms with van der Waals surface area (Å²) in [5, 5.41) is 9.36. The van der Waals surface area contributed by atoms with Crippen LogP contribution in [0.1, 0.15) is 42.7 Å². The van der Waals surface area contributed by atoms with Crippen molar-refractivity contribution in [3.8, 4) is 0 Å². The third kappa shape index (κ3) is 4.17. The maximum absolute atomic E-state index is 12.5. The van der Waals surface area contributed by atoms with Crippen LogP contribution in [-0.4, -0.2) is 26.4 Å². The van der Waals surface area contributed by atoms with E-state index in [0.717, 1.165) is 22.4 Å². The molecule has 0 amide bonds. The van der Waals surface area contributed by atoms with E-state index < -0.39 is 16.9 Å². The predicted molar refractivity (Wildman–Crippen MR) is 132 cm³/mol. The Kier molecular flexibility index (Phi) is 6.46. The molecule has 0 aliphatic rings. The first-order valence-electron chi connectivity index (χ1n) is 11.3. The van der Waals surface area contributed by atoms with E-state index in [0.29, 0.717) is 6.42 Å². The number of rotatable bonds is 9. The number of nitrogens with zero attached hydrogens (tertiary/aromatic N) is 2. The third-order valence-electron chi connectivity index (χ3n) is 6.44. The molecular formula is C29H28N2O3. The van der Waals surface area contributed by atoms with E-state index in [9.17, 15) is 14.7 Å². The number of hydrogen-bond donors (Lipinski definition) is 1. The lowest BCUT2D eigenvalue weighted by Gasteiger charge is -2.37. The third-order valence-corrected chi connectivity index (χ3v) is 6.44. The molecule has 1 N–H and O–H groups in total. The highest BCUT2D eigenvalue weighted by atomic mass is 16.4. The summed E-state index contributed by atoms with van der Waals surface area (Å²) in [7, 11) is 0. The molecule has 0 saturated carbocycles. The molecule has 0 saturated heterocycles. The van der Waals surface area contributed by atoms with Gasteiger partial charge in [0.1, 0.15) is 16.7 Å². The second-order valence-corrected chi connectivity index (χ2v) is 8.93. The predicted octanol–water partition coefficient (Wildman–Crippen LogP) is 5.34. The molecule has 172 valence electrons. The van der Waals surface area contributed by atoms with Gasteiger partial charge >= 0.3 is 5.97 Å². The average Bonchev–Trinajstić information content (AvgIpc) is 3.34. The van der Waals surface area contributed by atoms with E-state index >= 15 is 0 Å². The molecular weight excluding hydrogens is 424 g/mol. The highest BCUT2D eigenvalue weighted by Crippen LogP contribution is 2.40. The number of aliphatic carboxylic acids is 1. The number of carbonyl (C=O) groups is 2. The molecule has 1 aromatic heterocycles. The van der Waals surface area contributed by atoms with E-state index in [1.807, 2.05) is 60.8 Å². The van der Waals surface area contributed by atoms with Crippen molar-refractivity contribution >= 4 is 11.8 Å². The fourth-order valence-corrected chi connectivity index (χ4v) is 4.33. The van der Waals surface area contributed by atoms with Crippen LogP contribution in [-0.2, 0) is 21.5 Å². The van der Waals surface area contributed by atoms with Crippen LogP contribution in [0.2, 0.25) is 0 Å². The van der Waals surface area contributed by atoms with Crippen molar-refractivity contribution in [2.24, 2.45) is 5.41 Å². The van der Waals surface area contributed by atoms with E-state index in [2.05, 4.69) is 45.9 Å². The van der Waals surface area contributed by atoms with E-state index in [1.54, 1.807) is 6.33 Å². The van der Waals surface area contributed by atoms with Gasteiger partial charge in [0.05, 0.1) is 12.0 Å². The average molecular weight is 453 g/mol. The highest BCUT2D eigenvalue weighted by molar-refractivity contribution is 6.02. The van der Waals surface area contributed by atoms with Crippen LogP contribution in [0, 0.1) is 5.41 Å². The van der Waals surface area contributed by atoms with Gasteiger partial charge < -0.3 is 9.67 Å². The van der Waals surface area contributed by atoms with E-state index in [1.165, 1.54) is 13.8 Å². The van der Waals surface area contributed by atoms with Crippen molar-refractivity contribution in [1.82, 2.24) is 9.55 Å². The number of Topliss-reactive ketones (excluding diaryl/α,β-unsaturated/α-hetero) is 1. The standard InChI is InChI=1S/C29H28N2O3/c1-28(2,27(33)34)26(32)19-18-25-20-31(21-30-25)29(22-12-6-3-7-13-22,23-14-8-4-9-15-23)24-16-10-5-11-17-24/h3-17,20-21H,18-19H2,1-2H3,(H,33,34). The summed E-state index contributed by atoms with van der Waals surface area (Å²) in [6.07, 6.45) is 4.26. The van der Waals surface area contributed by atoms with Crippen molar-refractivity contribution in [3.05, 3.63) is 126 Å². The van der Waals surface area contributed by atoms with Crippen molar-refractivity contribution in [2.75, 3.05) is 0 Å². The van der Waals surface area contributed by atoms with Crippen LogP contribution < -0.4 is 0 Å². The smallest absolute Gasteiger partial charge is 0.316 e. The Morgan fingerprint density at radius 1 is 0.794 bits per heavy atom. The summed E-state index contributed by atoms with van der Waals surface area (Å²) in [5.41, 5.74) is 1.91. The lowest BCUT2D eigenvalue weighted by atomic mass is 9.77. The zero-order valence-corrected chi connectivity index (χ0v) is 19.4. The van der Waals surface area contributed by atoms with Gasteiger partial charge in [0, 0.05) is 12.6 Å². The van der Waals surface area contributed by atoms with Crippen molar-refractivity contribution in [2.45, 2.75) is 32.2 Å². The lowest BCUT2D eigenvalue weighted by Crippen LogP contribution is -2.37. The number of hydrogen-bond acceptors (Lipinski definition) is 3. The molecule has 0 bridgehead atoms. The molecule has 3 aromatic carbocycles. The Morgan fingerprint density at radius 3 is 1.65 bits per heavy atom. The van der Waals surface area contributed by atoms with Gasteiger partial charge in [-0.05, 0) is 37.0 Å². The SMILES string of the molecule is CC(C)(C(=O)O)C(=O)CCc1cn(C(c2ccccc2)(c2ccccc2)c2ccccc2)cn1. The van der Waals surface area contributed by atoms with Gasteiger partial charge in [-0.1, -0.05) is 91.0 Å². The molecule has 0 atom stereocenters. The summed E-state index contributed by atoms with van der Waals surface area (Å²) in [6.45, 7) is 2.89. The Balaban J connectivity index is 1.81. The van der Waals surface area contributed by atoms with E-state index in [-0.39, 0.29) is 12.2 Å². The first kappa shape index (κ1) is 23.2. The van der Waals surface area contributed by atoms with Crippen LogP contribution in [0.3, 0.4) is 0 Å². The number of ketones is 1. The Hall–Kier alpha value is -3.99. The summed E-state index contributed by atoms with van der Waals surface area (Å²) in [4.78, 5) is 28.6. The monoisotopic (exact) mass is 452 g/mol. The fourth-order valence-electron chi connectivity index (χ4n) is 4.33. The van der Waals surface area contributed by atoms with Crippen molar-refractivity contribution < 1.29 is 14.7 Å². The number of benzene rings is 3.